The third-order valence-corrected chi connectivity index (χ3v) is 5.06. The molecule has 0 heterocycles. The van der Waals surface area contributed by atoms with Crippen LogP contribution in [0.15, 0.2) is 30.9 Å². The Morgan fingerprint density at radius 2 is 1.76 bits per heavy atom. The Morgan fingerprint density at radius 3 is 2.32 bits per heavy atom. The van der Waals surface area contributed by atoms with Gasteiger partial charge in [0.2, 0.25) is 11.8 Å². The van der Waals surface area contributed by atoms with Gasteiger partial charge in [0.15, 0.2) is 0 Å². The lowest BCUT2D eigenvalue weighted by molar-refractivity contribution is -0.128. The van der Waals surface area contributed by atoms with Crippen LogP contribution in [0.3, 0.4) is 0 Å². The highest BCUT2D eigenvalue weighted by Crippen LogP contribution is 2.32. The number of carbonyl (C=O) groups is 2. The quantitative estimate of drug-likeness (QED) is 0.763. The maximum absolute atomic E-state index is 12.7. The highest BCUT2D eigenvalue weighted by molar-refractivity contribution is 5.94. The molecule has 0 radical (unpaired) electrons. The summed E-state index contributed by atoms with van der Waals surface area (Å²) in [6.07, 6.45) is 4.75. The Balaban J connectivity index is 1.96. The van der Waals surface area contributed by atoms with Gasteiger partial charge >= 0.3 is 0 Å². The van der Waals surface area contributed by atoms with E-state index in [4.69, 9.17) is 0 Å². The van der Waals surface area contributed by atoms with Gasteiger partial charge in [0.1, 0.15) is 0 Å². The van der Waals surface area contributed by atoms with Crippen LogP contribution in [0, 0.1) is 18.8 Å². The molecule has 1 aromatic rings. The first-order chi connectivity index (χ1) is 11.9. The molecule has 4 nitrogen and oxygen atoms in total. The van der Waals surface area contributed by atoms with Gasteiger partial charge in [-0.05, 0) is 49.7 Å². The second kappa shape index (κ2) is 8.84. The van der Waals surface area contributed by atoms with Crippen molar-refractivity contribution in [3.8, 4) is 0 Å². The van der Waals surface area contributed by atoms with Crippen LogP contribution < -0.4 is 10.6 Å². The van der Waals surface area contributed by atoms with E-state index < -0.39 is 0 Å². The van der Waals surface area contributed by atoms with E-state index in [1.807, 2.05) is 19.1 Å². The first kappa shape index (κ1) is 19.2. The number of amides is 2. The lowest BCUT2D eigenvalue weighted by atomic mass is 9.81. The molecule has 0 aromatic heterocycles. The molecule has 2 rings (SSSR count). The summed E-state index contributed by atoms with van der Waals surface area (Å²) in [5.74, 6) is 0.539. The Bertz CT molecular complexity index is 629. The molecule has 1 aliphatic carbocycles. The van der Waals surface area contributed by atoms with Gasteiger partial charge in [-0.25, -0.2) is 0 Å². The minimum Gasteiger partial charge on any atom is -0.352 e. The zero-order chi connectivity index (χ0) is 18.4. The predicted octanol–water partition coefficient (Wildman–Crippen LogP) is 4.17. The Labute approximate surface area is 151 Å². The predicted molar refractivity (Wildman–Crippen MR) is 103 cm³/mol. The molecule has 0 saturated heterocycles. The Kier molecular flexibility index (Phi) is 6.80. The molecule has 0 bridgehead atoms. The molecule has 25 heavy (non-hydrogen) atoms. The summed E-state index contributed by atoms with van der Waals surface area (Å²) in [7, 11) is 0. The van der Waals surface area contributed by atoms with Crippen molar-refractivity contribution in [2.75, 3.05) is 11.9 Å². The fourth-order valence-corrected chi connectivity index (χ4v) is 3.50. The van der Waals surface area contributed by atoms with Crippen LogP contribution in [-0.4, -0.2) is 18.4 Å². The minimum absolute atomic E-state index is 0.0110. The monoisotopic (exact) mass is 342 g/mol. The summed E-state index contributed by atoms with van der Waals surface area (Å²) in [4.78, 5) is 24.7. The SMILES string of the molecule is C=CCNC(=O)C1CCC(C(=O)Nc2c(C)cccc2C(C)C)CC1. The fourth-order valence-electron chi connectivity index (χ4n) is 3.50. The topological polar surface area (TPSA) is 58.2 Å². The van der Waals surface area contributed by atoms with Crippen LogP contribution in [0.4, 0.5) is 5.69 Å². The molecular weight excluding hydrogens is 312 g/mol. The van der Waals surface area contributed by atoms with Gasteiger partial charge in [0.25, 0.3) is 0 Å². The van der Waals surface area contributed by atoms with E-state index >= 15 is 0 Å². The summed E-state index contributed by atoms with van der Waals surface area (Å²) >= 11 is 0. The van der Waals surface area contributed by atoms with Gasteiger partial charge in [-0.2, -0.15) is 0 Å². The van der Waals surface area contributed by atoms with E-state index in [0.717, 1.165) is 36.9 Å². The van der Waals surface area contributed by atoms with Crippen molar-refractivity contribution in [1.29, 1.82) is 0 Å². The summed E-state index contributed by atoms with van der Waals surface area (Å²) in [6, 6.07) is 6.14. The number of benzene rings is 1. The third kappa shape index (κ3) is 4.94. The molecule has 1 aliphatic rings. The van der Waals surface area contributed by atoms with E-state index in [1.165, 1.54) is 5.56 Å². The summed E-state index contributed by atoms with van der Waals surface area (Å²) in [5, 5.41) is 6.01. The average molecular weight is 342 g/mol. The number of hydrogen-bond donors (Lipinski definition) is 2. The lowest BCUT2D eigenvalue weighted by Gasteiger charge is -2.27. The highest BCUT2D eigenvalue weighted by atomic mass is 16.2. The summed E-state index contributed by atoms with van der Waals surface area (Å²) in [6.45, 7) is 10.4. The van der Waals surface area contributed by atoms with E-state index in [-0.39, 0.29) is 23.7 Å². The standard InChI is InChI=1S/C21H30N2O2/c1-5-13-22-20(24)16-9-11-17(12-10-16)21(25)23-19-15(4)7-6-8-18(19)14(2)3/h5-8,14,16-17H,1,9-13H2,2-4H3,(H,22,24)(H,23,25). The first-order valence-corrected chi connectivity index (χ1v) is 9.23. The van der Waals surface area contributed by atoms with Crippen molar-refractivity contribution >= 4 is 17.5 Å². The number of para-hydroxylation sites is 1. The van der Waals surface area contributed by atoms with Gasteiger partial charge in [-0.3, -0.25) is 9.59 Å². The Morgan fingerprint density at radius 1 is 1.16 bits per heavy atom. The van der Waals surface area contributed by atoms with Crippen molar-refractivity contribution in [3.05, 3.63) is 42.0 Å². The van der Waals surface area contributed by atoms with Crippen LogP contribution in [0.2, 0.25) is 0 Å². The highest BCUT2D eigenvalue weighted by Gasteiger charge is 2.30. The number of rotatable bonds is 6. The maximum Gasteiger partial charge on any atom is 0.227 e. The normalized spacial score (nSPS) is 20.2. The maximum atomic E-state index is 12.7. The third-order valence-electron chi connectivity index (χ3n) is 5.06. The van der Waals surface area contributed by atoms with E-state index in [1.54, 1.807) is 6.08 Å². The molecule has 4 heteroatoms. The van der Waals surface area contributed by atoms with Gasteiger partial charge in [-0.15, -0.1) is 6.58 Å². The number of carbonyl (C=O) groups excluding carboxylic acids is 2. The summed E-state index contributed by atoms with van der Waals surface area (Å²) in [5.41, 5.74) is 3.22. The minimum atomic E-state index is -0.0110. The van der Waals surface area contributed by atoms with E-state index in [2.05, 4.69) is 37.1 Å². The van der Waals surface area contributed by atoms with Crippen LogP contribution >= 0.6 is 0 Å². The molecule has 136 valence electrons. The van der Waals surface area contributed by atoms with Crippen molar-refractivity contribution in [2.45, 2.75) is 52.4 Å². The molecule has 0 aliphatic heterocycles. The molecule has 1 fully saturated rings. The zero-order valence-corrected chi connectivity index (χ0v) is 15.6. The molecule has 0 unspecified atom stereocenters. The Hall–Kier alpha value is -2.10. The second-order valence-electron chi connectivity index (χ2n) is 7.27. The molecule has 1 aromatic carbocycles. The number of aryl methyl sites for hydroxylation is 1. The van der Waals surface area contributed by atoms with E-state index in [0.29, 0.717) is 12.5 Å². The van der Waals surface area contributed by atoms with Crippen molar-refractivity contribution < 1.29 is 9.59 Å². The van der Waals surface area contributed by atoms with Crippen LogP contribution in [0.25, 0.3) is 0 Å². The van der Waals surface area contributed by atoms with Crippen LogP contribution in [0.1, 0.15) is 56.6 Å². The zero-order valence-electron chi connectivity index (χ0n) is 15.6. The molecule has 2 amide bonds. The lowest BCUT2D eigenvalue weighted by Crippen LogP contribution is -2.35. The summed E-state index contributed by atoms with van der Waals surface area (Å²) < 4.78 is 0. The average Bonchev–Trinajstić information content (AvgIpc) is 2.61. The first-order valence-electron chi connectivity index (χ1n) is 9.23. The second-order valence-corrected chi connectivity index (χ2v) is 7.27. The molecule has 2 N–H and O–H groups in total. The molecule has 1 saturated carbocycles. The van der Waals surface area contributed by atoms with Crippen LogP contribution in [-0.2, 0) is 9.59 Å². The van der Waals surface area contributed by atoms with Crippen molar-refractivity contribution in [2.24, 2.45) is 11.8 Å². The van der Waals surface area contributed by atoms with Crippen LogP contribution in [0.5, 0.6) is 0 Å². The molecular formula is C21H30N2O2. The van der Waals surface area contributed by atoms with E-state index in [9.17, 15) is 9.59 Å². The molecule has 0 spiro atoms. The fraction of sp³-hybridized carbons (Fsp3) is 0.524. The smallest absolute Gasteiger partial charge is 0.227 e. The van der Waals surface area contributed by atoms with Gasteiger partial charge < -0.3 is 10.6 Å². The van der Waals surface area contributed by atoms with Crippen molar-refractivity contribution in [3.63, 3.8) is 0 Å². The van der Waals surface area contributed by atoms with Crippen molar-refractivity contribution in [1.82, 2.24) is 5.32 Å². The number of nitrogens with one attached hydrogen (secondary N) is 2. The number of anilines is 1. The van der Waals surface area contributed by atoms with Gasteiger partial charge in [0, 0.05) is 24.1 Å². The molecule has 0 atom stereocenters. The number of hydrogen-bond acceptors (Lipinski definition) is 2. The van der Waals surface area contributed by atoms with Gasteiger partial charge in [0.05, 0.1) is 0 Å². The van der Waals surface area contributed by atoms with Gasteiger partial charge in [-0.1, -0.05) is 38.1 Å². The largest absolute Gasteiger partial charge is 0.352 e.